The van der Waals surface area contributed by atoms with Gasteiger partial charge in [0, 0.05) is 38.5 Å². The molecule has 1 saturated heterocycles. The molecule has 2 N–H and O–H groups in total. The number of carbonyl (C=O) groups excluding carboxylic acids is 2. The maximum Gasteiger partial charge on any atom is 0.482 e. The second-order valence-electron chi connectivity index (χ2n) is 11.5. The minimum Gasteiger partial charge on any atom is -0.505 e. The summed E-state index contributed by atoms with van der Waals surface area (Å²) in [4.78, 5) is 29.8. The Morgan fingerprint density at radius 3 is 2.66 bits per heavy atom. The Labute approximate surface area is 253 Å². The number of phenolic OH excluding ortho intramolecular Hbond substituents is 1. The Balaban J connectivity index is 1.31. The van der Waals surface area contributed by atoms with Crippen molar-refractivity contribution in [3.63, 3.8) is 0 Å². The number of anilines is 2. The first-order valence-corrected chi connectivity index (χ1v) is 14.8. The van der Waals surface area contributed by atoms with Gasteiger partial charge in [-0.05, 0) is 85.2 Å². The maximum atomic E-state index is 14.4. The number of phenols is 1. The van der Waals surface area contributed by atoms with E-state index in [4.69, 9.17) is 9.47 Å². The summed E-state index contributed by atoms with van der Waals surface area (Å²) < 4.78 is 52.4. The molecule has 0 radical (unpaired) electrons. The molecule has 2 heterocycles. The number of carbonyl (C=O) groups is 2. The molecule has 3 aromatic rings. The number of halogens is 3. The lowest BCUT2D eigenvalue weighted by atomic mass is 9.79. The molecule has 1 aliphatic carbocycles. The second kappa shape index (κ2) is 12.1. The molecule has 0 unspecified atom stereocenters. The van der Waals surface area contributed by atoms with Crippen LogP contribution in [0.15, 0.2) is 60.7 Å². The molecule has 3 aromatic carbocycles. The van der Waals surface area contributed by atoms with Gasteiger partial charge >= 0.3 is 12.0 Å². The zero-order chi connectivity index (χ0) is 31.0. The molecular weight excluding hydrogens is 575 g/mol. The fourth-order valence-electron chi connectivity index (χ4n) is 6.18. The van der Waals surface area contributed by atoms with Gasteiger partial charge in [-0.2, -0.15) is 8.78 Å². The SMILES string of the molecule is COCCCN1C(=O)C(F)(F)Oc2ccc(N(C(=O)[C@H]3CNCC[C@@H]3c3cccc(-c4ccc(F)c(O)c4)c3)C3CC3)cc21. The number of fused-ring (bicyclic) bond motifs is 1. The lowest BCUT2D eigenvalue weighted by Crippen LogP contribution is -2.51. The van der Waals surface area contributed by atoms with Crippen LogP contribution in [-0.4, -0.2) is 62.4 Å². The summed E-state index contributed by atoms with van der Waals surface area (Å²) in [5.41, 5.74) is 3.13. The molecular formula is C33H34F3N3O5. The minimum atomic E-state index is -3.99. The van der Waals surface area contributed by atoms with Crippen molar-refractivity contribution in [3.05, 3.63) is 72.0 Å². The average molecular weight is 610 g/mol. The normalized spacial score (nSPS) is 21.0. The molecule has 0 spiro atoms. The van der Waals surface area contributed by atoms with E-state index in [-0.39, 0.29) is 42.5 Å². The van der Waals surface area contributed by atoms with Crippen LogP contribution in [0, 0.1) is 11.7 Å². The van der Waals surface area contributed by atoms with Crippen molar-refractivity contribution in [2.45, 2.75) is 43.8 Å². The van der Waals surface area contributed by atoms with E-state index in [0.29, 0.717) is 30.6 Å². The third kappa shape index (κ3) is 5.86. The van der Waals surface area contributed by atoms with Gasteiger partial charge in [0.25, 0.3) is 0 Å². The van der Waals surface area contributed by atoms with Gasteiger partial charge in [0.1, 0.15) is 0 Å². The highest BCUT2D eigenvalue weighted by Crippen LogP contribution is 2.44. The van der Waals surface area contributed by atoms with Gasteiger partial charge in [-0.15, -0.1) is 0 Å². The molecule has 0 bridgehead atoms. The van der Waals surface area contributed by atoms with Crippen LogP contribution in [0.3, 0.4) is 0 Å². The standard InChI is InChI=1S/C33H34F3N3O5/c1-43-15-3-14-38-28-18-24(9-11-30(28)44-33(35,36)32(38)42)39(23-7-8-23)31(41)26-19-37-13-12-25(26)22-5-2-4-20(16-22)21-6-10-27(34)29(40)17-21/h2,4-6,9-11,16-18,23,25-26,37,40H,3,7-8,12-15,19H2,1H3/t25-,26+/m1/s1. The number of hydrogen-bond donors (Lipinski definition) is 2. The fourth-order valence-corrected chi connectivity index (χ4v) is 6.18. The van der Waals surface area contributed by atoms with E-state index in [2.05, 4.69) is 5.32 Å². The van der Waals surface area contributed by atoms with Gasteiger partial charge in [0.2, 0.25) is 5.91 Å². The highest BCUT2D eigenvalue weighted by Gasteiger charge is 2.51. The fraction of sp³-hybridized carbons (Fsp3) is 0.394. The van der Waals surface area contributed by atoms with Gasteiger partial charge in [-0.25, -0.2) is 4.39 Å². The van der Waals surface area contributed by atoms with Crippen molar-refractivity contribution in [1.29, 1.82) is 0 Å². The molecule has 2 aliphatic heterocycles. The summed E-state index contributed by atoms with van der Waals surface area (Å²) in [7, 11) is 1.50. The molecule has 232 valence electrons. The molecule has 0 aromatic heterocycles. The molecule has 1 saturated carbocycles. The first-order valence-electron chi connectivity index (χ1n) is 14.8. The van der Waals surface area contributed by atoms with Crippen molar-refractivity contribution in [1.82, 2.24) is 5.32 Å². The lowest BCUT2D eigenvalue weighted by Gasteiger charge is -2.37. The zero-order valence-electron chi connectivity index (χ0n) is 24.3. The number of methoxy groups -OCH3 is 1. The van der Waals surface area contributed by atoms with E-state index in [1.807, 2.05) is 24.3 Å². The number of amides is 2. The summed E-state index contributed by atoms with van der Waals surface area (Å²) in [6.07, 6.45) is -1.32. The monoisotopic (exact) mass is 609 g/mol. The first-order chi connectivity index (χ1) is 21.2. The number of nitrogens with one attached hydrogen (secondary N) is 1. The molecule has 8 nitrogen and oxygen atoms in total. The molecule has 2 fully saturated rings. The topological polar surface area (TPSA) is 91.3 Å². The number of piperidine rings is 1. The van der Waals surface area contributed by atoms with Crippen LogP contribution in [0.1, 0.15) is 37.2 Å². The zero-order valence-corrected chi connectivity index (χ0v) is 24.3. The number of alkyl halides is 2. The summed E-state index contributed by atoms with van der Waals surface area (Å²) in [5.74, 6) is -3.33. The van der Waals surface area contributed by atoms with E-state index in [1.54, 1.807) is 23.1 Å². The largest absolute Gasteiger partial charge is 0.505 e. The van der Waals surface area contributed by atoms with Crippen molar-refractivity contribution in [2.75, 3.05) is 43.2 Å². The number of hydrogen-bond acceptors (Lipinski definition) is 6. The van der Waals surface area contributed by atoms with Crippen molar-refractivity contribution >= 4 is 23.2 Å². The van der Waals surface area contributed by atoms with E-state index < -0.39 is 29.5 Å². The van der Waals surface area contributed by atoms with Crippen molar-refractivity contribution in [2.24, 2.45) is 5.92 Å². The predicted octanol–water partition coefficient (Wildman–Crippen LogP) is 5.44. The van der Waals surface area contributed by atoms with Crippen molar-refractivity contribution in [3.8, 4) is 22.6 Å². The number of rotatable bonds is 9. The van der Waals surface area contributed by atoms with Crippen LogP contribution in [0.25, 0.3) is 11.1 Å². The van der Waals surface area contributed by atoms with Gasteiger partial charge in [0.15, 0.2) is 17.3 Å². The van der Waals surface area contributed by atoms with Gasteiger partial charge in [0.05, 0.1) is 11.6 Å². The Bertz CT molecular complexity index is 1560. The third-order valence-corrected chi connectivity index (χ3v) is 8.52. The first kappa shape index (κ1) is 30.0. The van der Waals surface area contributed by atoms with Crippen LogP contribution in [0.4, 0.5) is 24.5 Å². The Morgan fingerprint density at radius 2 is 1.91 bits per heavy atom. The van der Waals surface area contributed by atoms with Crippen LogP contribution in [-0.2, 0) is 14.3 Å². The summed E-state index contributed by atoms with van der Waals surface area (Å²) in [6, 6.07) is 16.5. The van der Waals surface area contributed by atoms with Crippen LogP contribution >= 0.6 is 0 Å². The smallest absolute Gasteiger partial charge is 0.482 e. The molecule has 3 aliphatic rings. The quantitative estimate of drug-likeness (QED) is 0.314. The van der Waals surface area contributed by atoms with E-state index in [0.717, 1.165) is 35.4 Å². The molecule has 2 amide bonds. The Morgan fingerprint density at radius 1 is 1.11 bits per heavy atom. The Kier molecular flexibility index (Phi) is 8.26. The number of benzene rings is 3. The summed E-state index contributed by atoms with van der Waals surface area (Å²) in [5, 5.41) is 13.3. The number of nitrogens with zero attached hydrogens (tertiary/aromatic N) is 2. The lowest BCUT2D eigenvalue weighted by molar-refractivity contribution is -0.192. The van der Waals surface area contributed by atoms with Gasteiger partial charge in [-0.3, -0.25) is 9.59 Å². The molecule has 44 heavy (non-hydrogen) atoms. The van der Waals surface area contributed by atoms with E-state index in [1.165, 1.54) is 25.3 Å². The molecule has 2 atom stereocenters. The van der Waals surface area contributed by atoms with Crippen LogP contribution in [0.2, 0.25) is 0 Å². The van der Waals surface area contributed by atoms with Crippen LogP contribution < -0.4 is 19.9 Å². The van der Waals surface area contributed by atoms with Crippen LogP contribution in [0.5, 0.6) is 11.5 Å². The second-order valence-corrected chi connectivity index (χ2v) is 11.5. The van der Waals surface area contributed by atoms with E-state index >= 15 is 0 Å². The average Bonchev–Trinajstić information content (AvgIpc) is 3.86. The van der Waals surface area contributed by atoms with Crippen molar-refractivity contribution < 1.29 is 37.3 Å². The molecule has 11 heteroatoms. The minimum absolute atomic E-state index is 0.0102. The highest BCUT2D eigenvalue weighted by atomic mass is 19.3. The van der Waals surface area contributed by atoms with Gasteiger partial charge in [-0.1, -0.05) is 30.3 Å². The van der Waals surface area contributed by atoms with E-state index in [9.17, 15) is 27.9 Å². The highest BCUT2D eigenvalue weighted by molar-refractivity contribution is 6.03. The number of ether oxygens (including phenoxy) is 2. The van der Waals surface area contributed by atoms with Gasteiger partial charge < -0.3 is 29.7 Å². The maximum absolute atomic E-state index is 14.4. The Hall–Kier alpha value is -4.09. The summed E-state index contributed by atoms with van der Waals surface area (Å²) in [6.45, 7) is 1.48. The molecule has 6 rings (SSSR count). The predicted molar refractivity (Wildman–Crippen MR) is 159 cm³/mol. The number of aromatic hydroxyl groups is 1. The summed E-state index contributed by atoms with van der Waals surface area (Å²) >= 11 is 0. The third-order valence-electron chi connectivity index (χ3n) is 8.52.